The molecule has 1 heterocycles. The van der Waals surface area contributed by atoms with Crippen LogP contribution >= 0.6 is 0 Å². The van der Waals surface area contributed by atoms with Crippen molar-refractivity contribution in [1.82, 2.24) is 5.32 Å². The van der Waals surface area contributed by atoms with Crippen LogP contribution in [0.4, 0.5) is 0 Å². The van der Waals surface area contributed by atoms with Gasteiger partial charge in [-0.15, -0.1) is 0 Å². The van der Waals surface area contributed by atoms with Crippen LogP contribution in [0.15, 0.2) is 11.5 Å². The van der Waals surface area contributed by atoms with E-state index < -0.39 is 15.9 Å². The second-order valence-electron chi connectivity index (χ2n) is 6.05. The summed E-state index contributed by atoms with van der Waals surface area (Å²) in [6, 6.07) is -0.190. The van der Waals surface area contributed by atoms with Crippen LogP contribution in [-0.2, 0) is 14.6 Å². The molecule has 0 saturated heterocycles. The Bertz CT molecular complexity index is 434. The van der Waals surface area contributed by atoms with Gasteiger partial charge in [-0.2, -0.15) is 0 Å². The van der Waals surface area contributed by atoms with Gasteiger partial charge in [0.1, 0.15) is 0 Å². The molecule has 0 bridgehead atoms. The van der Waals surface area contributed by atoms with Gasteiger partial charge in [-0.25, -0.2) is 8.42 Å². The van der Waals surface area contributed by atoms with E-state index in [2.05, 4.69) is 12.2 Å². The Morgan fingerprint density at radius 2 is 2.25 bits per heavy atom. The number of hydrogen-bond donors (Lipinski definition) is 2. The van der Waals surface area contributed by atoms with Gasteiger partial charge in [0.15, 0.2) is 9.84 Å². The van der Waals surface area contributed by atoms with Gasteiger partial charge in [0.25, 0.3) is 0 Å². The fourth-order valence-corrected chi connectivity index (χ4v) is 4.10. The van der Waals surface area contributed by atoms with Gasteiger partial charge in [0.05, 0.1) is 24.6 Å². The SMILES string of the molecule is CC1CCCC(OCC(O)CNC2C=CS(=O)(=O)C2)C1. The molecule has 0 aromatic carbocycles. The average Bonchev–Trinajstić information content (AvgIpc) is 2.74. The van der Waals surface area contributed by atoms with Crippen molar-refractivity contribution in [1.29, 1.82) is 0 Å². The molecule has 0 spiro atoms. The molecule has 5 nitrogen and oxygen atoms in total. The largest absolute Gasteiger partial charge is 0.389 e. The third kappa shape index (κ3) is 5.16. The number of aliphatic hydroxyl groups excluding tert-OH is 1. The standard InChI is InChI=1S/C14H25NO4S/c1-11-3-2-4-14(7-11)19-9-13(16)8-15-12-5-6-20(17,18)10-12/h5-6,11-16H,2-4,7-10H2,1H3. The molecule has 0 aromatic rings. The van der Waals surface area contributed by atoms with Crippen molar-refractivity contribution in [3.8, 4) is 0 Å². The van der Waals surface area contributed by atoms with Crippen LogP contribution in [0.1, 0.15) is 32.6 Å². The minimum Gasteiger partial charge on any atom is -0.389 e. The number of aliphatic hydroxyl groups is 1. The Balaban J connectivity index is 1.61. The number of nitrogens with one attached hydrogen (secondary N) is 1. The van der Waals surface area contributed by atoms with E-state index >= 15 is 0 Å². The molecule has 2 aliphatic rings. The van der Waals surface area contributed by atoms with Gasteiger partial charge in [-0.3, -0.25) is 0 Å². The van der Waals surface area contributed by atoms with E-state index in [0.29, 0.717) is 19.1 Å². The lowest BCUT2D eigenvalue weighted by Crippen LogP contribution is -2.38. The van der Waals surface area contributed by atoms with Crippen molar-refractivity contribution in [3.63, 3.8) is 0 Å². The lowest BCUT2D eigenvalue weighted by molar-refractivity contribution is -0.0308. The van der Waals surface area contributed by atoms with E-state index in [1.165, 1.54) is 18.2 Å². The Morgan fingerprint density at radius 3 is 2.90 bits per heavy atom. The van der Waals surface area contributed by atoms with Gasteiger partial charge in [-0.1, -0.05) is 25.8 Å². The Kier molecular flexibility index (Phi) is 5.60. The smallest absolute Gasteiger partial charge is 0.173 e. The monoisotopic (exact) mass is 303 g/mol. The minimum atomic E-state index is -3.03. The summed E-state index contributed by atoms with van der Waals surface area (Å²) in [5, 5.41) is 14.1. The number of sulfone groups is 1. The van der Waals surface area contributed by atoms with E-state index in [1.54, 1.807) is 6.08 Å². The molecule has 1 fully saturated rings. The molecular formula is C14H25NO4S. The van der Waals surface area contributed by atoms with Gasteiger partial charge in [-0.05, 0) is 18.8 Å². The number of rotatable bonds is 6. The second kappa shape index (κ2) is 7.02. The molecule has 2 rings (SSSR count). The summed E-state index contributed by atoms with van der Waals surface area (Å²) < 4.78 is 28.2. The Hall–Kier alpha value is -0.430. The summed E-state index contributed by atoms with van der Waals surface area (Å²) in [5.74, 6) is 0.790. The first kappa shape index (κ1) is 15.9. The summed E-state index contributed by atoms with van der Waals surface area (Å²) in [6.45, 7) is 2.90. The van der Waals surface area contributed by atoms with Gasteiger partial charge < -0.3 is 15.2 Å². The summed E-state index contributed by atoms with van der Waals surface area (Å²) >= 11 is 0. The third-order valence-electron chi connectivity index (χ3n) is 3.96. The zero-order valence-corrected chi connectivity index (χ0v) is 12.8. The fraction of sp³-hybridized carbons (Fsp3) is 0.857. The summed E-state index contributed by atoms with van der Waals surface area (Å²) in [4.78, 5) is 0. The minimum absolute atomic E-state index is 0.0840. The first-order valence-corrected chi connectivity index (χ1v) is 9.10. The van der Waals surface area contributed by atoms with Crippen molar-refractivity contribution in [2.45, 2.75) is 50.9 Å². The highest BCUT2D eigenvalue weighted by Crippen LogP contribution is 2.25. The van der Waals surface area contributed by atoms with Crippen LogP contribution in [0.5, 0.6) is 0 Å². The maximum atomic E-state index is 11.2. The van der Waals surface area contributed by atoms with Crippen molar-refractivity contribution in [3.05, 3.63) is 11.5 Å². The van der Waals surface area contributed by atoms with E-state index in [-0.39, 0.29) is 17.9 Å². The van der Waals surface area contributed by atoms with Gasteiger partial charge in [0.2, 0.25) is 0 Å². The lowest BCUT2D eigenvalue weighted by Gasteiger charge is -2.27. The highest BCUT2D eigenvalue weighted by atomic mass is 32.2. The molecule has 1 saturated carbocycles. The van der Waals surface area contributed by atoms with Crippen molar-refractivity contribution >= 4 is 9.84 Å². The molecule has 0 amide bonds. The molecule has 1 aliphatic heterocycles. The van der Waals surface area contributed by atoms with Crippen molar-refractivity contribution in [2.75, 3.05) is 18.9 Å². The topological polar surface area (TPSA) is 75.6 Å². The van der Waals surface area contributed by atoms with E-state index in [1.807, 2.05) is 0 Å². The molecule has 6 heteroatoms. The average molecular weight is 303 g/mol. The molecule has 116 valence electrons. The lowest BCUT2D eigenvalue weighted by atomic mass is 9.89. The Morgan fingerprint density at radius 1 is 1.45 bits per heavy atom. The van der Waals surface area contributed by atoms with Crippen LogP contribution in [0.3, 0.4) is 0 Å². The summed E-state index contributed by atoms with van der Waals surface area (Å²) in [5.41, 5.74) is 0. The molecule has 4 atom stereocenters. The summed E-state index contributed by atoms with van der Waals surface area (Å²) in [7, 11) is -3.03. The van der Waals surface area contributed by atoms with Crippen LogP contribution in [-0.4, -0.2) is 50.7 Å². The molecule has 1 aliphatic carbocycles. The maximum absolute atomic E-state index is 11.2. The zero-order valence-electron chi connectivity index (χ0n) is 12.0. The second-order valence-corrected chi connectivity index (χ2v) is 7.98. The van der Waals surface area contributed by atoms with E-state index in [4.69, 9.17) is 4.74 Å². The normalized spacial score (nSPS) is 34.2. The Labute approximate surface area is 121 Å². The highest BCUT2D eigenvalue weighted by Gasteiger charge is 2.23. The maximum Gasteiger partial charge on any atom is 0.173 e. The molecular weight excluding hydrogens is 278 g/mol. The molecule has 2 N–H and O–H groups in total. The van der Waals surface area contributed by atoms with Gasteiger partial charge >= 0.3 is 0 Å². The first-order chi connectivity index (χ1) is 9.44. The van der Waals surface area contributed by atoms with Crippen LogP contribution < -0.4 is 5.32 Å². The number of hydrogen-bond acceptors (Lipinski definition) is 5. The number of ether oxygens (including phenoxy) is 1. The van der Waals surface area contributed by atoms with Gasteiger partial charge in [0, 0.05) is 18.0 Å². The van der Waals surface area contributed by atoms with Crippen LogP contribution in [0, 0.1) is 5.92 Å². The zero-order chi connectivity index (χ0) is 14.6. The van der Waals surface area contributed by atoms with Crippen LogP contribution in [0.2, 0.25) is 0 Å². The summed E-state index contributed by atoms with van der Waals surface area (Å²) in [6.07, 6.45) is 5.92. The van der Waals surface area contributed by atoms with E-state index in [9.17, 15) is 13.5 Å². The highest BCUT2D eigenvalue weighted by molar-refractivity contribution is 7.94. The molecule has 0 aromatic heterocycles. The first-order valence-electron chi connectivity index (χ1n) is 7.38. The third-order valence-corrected chi connectivity index (χ3v) is 5.35. The van der Waals surface area contributed by atoms with E-state index in [0.717, 1.165) is 12.8 Å². The fourth-order valence-electron chi connectivity index (χ4n) is 2.83. The van der Waals surface area contributed by atoms with Crippen LogP contribution in [0.25, 0.3) is 0 Å². The molecule has 4 unspecified atom stereocenters. The quantitative estimate of drug-likeness (QED) is 0.760. The molecule has 20 heavy (non-hydrogen) atoms. The predicted octanol–water partition coefficient (Wildman–Crippen LogP) is 0.843. The van der Waals surface area contributed by atoms with Crippen molar-refractivity contribution < 1.29 is 18.3 Å². The molecule has 0 radical (unpaired) electrons. The van der Waals surface area contributed by atoms with Crippen molar-refractivity contribution in [2.24, 2.45) is 5.92 Å². The predicted molar refractivity (Wildman–Crippen MR) is 78.1 cm³/mol.